The first-order valence-corrected chi connectivity index (χ1v) is 12.3. The number of amides is 1. The van der Waals surface area contributed by atoms with Gasteiger partial charge in [-0.1, -0.05) is 50.3 Å². The third-order valence-corrected chi connectivity index (χ3v) is 4.90. The maximum Gasteiger partial charge on any atom is 0.405 e. The Bertz CT molecular complexity index is 724. The molecule has 0 unspecified atom stereocenters. The Hall–Kier alpha value is -2.22. The van der Waals surface area contributed by atoms with Crippen LogP contribution >= 0.6 is 11.9 Å². The van der Waals surface area contributed by atoms with Crippen LogP contribution < -0.4 is 16.2 Å². The summed E-state index contributed by atoms with van der Waals surface area (Å²) in [5.74, 6) is 1.56. The van der Waals surface area contributed by atoms with E-state index in [0.717, 1.165) is 31.8 Å². The lowest BCUT2D eigenvalue weighted by Gasteiger charge is -2.22. The molecule has 0 saturated heterocycles. The second-order valence-electron chi connectivity index (χ2n) is 8.85. The van der Waals surface area contributed by atoms with Crippen LogP contribution in [-0.4, -0.2) is 42.7 Å². The van der Waals surface area contributed by atoms with Gasteiger partial charge >= 0.3 is 6.09 Å². The van der Waals surface area contributed by atoms with Gasteiger partial charge < -0.3 is 20.9 Å². The van der Waals surface area contributed by atoms with E-state index in [1.807, 2.05) is 31.2 Å². The second-order valence-corrected chi connectivity index (χ2v) is 10.0. The van der Waals surface area contributed by atoms with Crippen LogP contribution in [-0.2, 0) is 4.74 Å². The zero-order valence-electron chi connectivity index (χ0n) is 22.5. The van der Waals surface area contributed by atoms with E-state index in [1.54, 1.807) is 45.9 Å². The van der Waals surface area contributed by atoms with Gasteiger partial charge in [0, 0.05) is 18.0 Å². The molecule has 0 fully saturated rings. The van der Waals surface area contributed by atoms with Crippen molar-refractivity contribution in [3.8, 4) is 5.75 Å². The van der Waals surface area contributed by atoms with E-state index in [2.05, 4.69) is 54.6 Å². The third kappa shape index (κ3) is 23.0. The van der Waals surface area contributed by atoms with Crippen LogP contribution in [0.15, 0.2) is 65.6 Å². The van der Waals surface area contributed by atoms with Crippen molar-refractivity contribution in [2.24, 2.45) is 17.4 Å². The molecule has 7 heteroatoms. The van der Waals surface area contributed by atoms with Crippen LogP contribution in [0.1, 0.15) is 54.9 Å². The average Bonchev–Trinajstić information content (AvgIpc) is 2.75. The van der Waals surface area contributed by atoms with E-state index in [4.69, 9.17) is 16.2 Å². The molecule has 0 spiro atoms. The number of benzene rings is 1. The smallest absolute Gasteiger partial charge is 0.405 e. The average molecular weight is 494 g/mol. The molecule has 0 atom stereocenters. The fraction of sp³-hybridized carbons (Fsp3) is 0.519. The number of hydrogen-bond acceptors (Lipinski definition) is 6. The van der Waals surface area contributed by atoms with Gasteiger partial charge in [-0.2, -0.15) is 0 Å². The standard InChI is InChI=1S/C14H24N2OS.C8H12.C5H11NO2/c1-12(2)11-16(10-4-9-15)18-14-7-5-13(17-3)6-8-14;1-4-6-7-8(3)5-2;1-5(2,3)8-4(6)7/h5-8,12H,4,9-11,15H2,1-3H3;4-7H,1H2,2-3H3;1-3H3,(H2,6,7)/b;7-6-,8-5-;. The van der Waals surface area contributed by atoms with Crippen LogP contribution in [0.2, 0.25) is 0 Å². The Balaban J connectivity index is 0. The van der Waals surface area contributed by atoms with Gasteiger partial charge in [0.05, 0.1) is 7.11 Å². The molecule has 1 aromatic rings. The Kier molecular flexibility index (Phi) is 20.1. The van der Waals surface area contributed by atoms with Crippen molar-refractivity contribution in [1.82, 2.24) is 4.31 Å². The number of carbonyl (C=O) groups is 1. The fourth-order valence-corrected chi connectivity index (χ4v) is 3.40. The van der Waals surface area contributed by atoms with E-state index < -0.39 is 11.7 Å². The molecule has 0 aliphatic carbocycles. The van der Waals surface area contributed by atoms with E-state index in [0.29, 0.717) is 5.92 Å². The van der Waals surface area contributed by atoms with E-state index in [1.165, 1.54) is 10.5 Å². The maximum atomic E-state index is 10.0. The SMILES string of the molecule is C=C/C=C\C(C)=C/C.CC(C)(C)OC(N)=O.COc1ccc(SN(CCCN)CC(C)C)cc1. The van der Waals surface area contributed by atoms with Gasteiger partial charge in [0.15, 0.2) is 0 Å². The molecule has 0 radical (unpaired) electrons. The summed E-state index contributed by atoms with van der Waals surface area (Å²) >= 11 is 1.80. The largest absolute Gasteiger partial charge is 0.497 e. The molecule has 0 aliphatic heterocycles. The van der Waals surface area contributed by atoms with Crippen LogP contribution in [0, 0.1) is 5.92 Å². The van der Waals surface area contributed by atoms with Crippen LogP contribution in [0.25, 0.3) is 0 Å². The lowest BCUT2D eigenvalue weighted by Crippen LogP contribution is -2.27. The zero-order chi connectivity index (χ0) is 26.6. The van der Waals surface area contributed by atoms with Crippen molar-refractivity contribution in [1.29, 1.82) is 0 Å². The van der Waals surface area contributed by atoms with Gasteiger partial charge in [-0.05, 0) is 89.7 Å². The first-order valence-electron chi connectivity index (χ1n) is 11.6. The molecule has 0 heterocycles. The highest BCUT2D eigenvalue weighted by atomic mass is 32.2. The van der Waals surface area contributed by atoms with Crippen LogP contribution in [0.5, 0.6) is 5.75 Å². The summed E-state index contributed by atoms with van der Waals surface area (Å²) in [7, 11) is 1.69. The van der Waals surface area contributed by atoms with Gasteiger partial charge in [0.2, 0.25) is 0 Å². The van der Waals surface area contributed by atoms with E-state index >= 15 is 0 Å². The van der Waals surface area contributed by atoms with Crippen molar-refractivity contribution < 1.29 is 14.3 Å². The molecule has 1 aromatic carbocycles. The maximum absolute atomic E-state index is 10.0. The molecule has 0 bridgehead atoms. The highest BCUT2D eigenvalue weighted by Crippen LogP contribution is 2.25. The van der Waals surface area contributed by atoms with Gasteiger partial charge in [-0.3, -0.25) is 0 Å². The number of rotatable bonds is 10. The molecular weight excluding hydrogens is 446 g/mol. The lowest BCUT2D eigenvalue weighted by atomic mass is 10.2. The summed E-state index contributed by atoms with van der Waals surface area (Å²) in [4.78, 5) is 11.3. The van der Waals surface area contributed by atoms with Gasteiger partial charge in [0.1, 0.15) is 11.4 Å². The number of methoxy groups -OCH3 is 1. The Labute approximate surface area is 212 Å². The highest BCUT2D eigenvalue weighted by Gasteiger charge is 2.12. The molecule has 6 nitrogen and oxygen atoms in total. The zero-order valence-corrected chi connectivity index (χ0v) is 23.3. The molecule has 194 valence electrons. The number of ether oxygens (including phenoxy) is 2. The fourth-order valence-electron chi connectivity index (χ4n) is 2.25. The third-order valence-electron chi connectivity index (χ3n) is 3.83. The quantitative estimate of drug-likeness (QED) is 0.282. The molecule has 0 saturated carbocycles. The Morgan fingerprint density at radius 1 is 1.24 bits per heavy atom. The summed E-state index contributed by atoms with van der Waals surface area (Å²) in [6.45, 7) is 20.3. The predicted octanol–water partition coefficient (Wildman–Crippen LogP) is 6.58. The molecular formula is C27H47N3O3S. The van der Waals surface area contributed by atoms with E-state index in [-0.39, 0.29) is 0 Å². The van der Waals surface area contributed by atoms with Gasteiger partial charge in [-0.15, -0.1) is 0 Å². The molecule has 0 aromatic heterocycles. The minimum absolute atomic E-state index is 0.453. The van der Waals surface area contributed by atoms with Gasteiger partial charge in [0.25, 0.3) is 0 Å². The molecule has 1 amide bonds. The first kappa shape index (κ1) is 34.0. The molecule has 0 aliphatic rings. The van der Waals surface area contributed by atoms with Crippen LogP contribution in [0.4, 0.5) is 4.79 Å². The summed E-state index contributed by atoms with van der Waals surface area (Å²) < 4.78 is 12.1. The minimum atomic E-state index is -0.725. The number of allylic oxidation sites excluding steroid dienone is 5. The van der Waals surface area contributed by atoms with Crippen molar-refractivity contribution >= 4 is 18.0 Å². The van der Waals surface area contributed by atoms with Crippen molar-refractivity contribution in [2.75, 3.05) is 26.7 Å². The monoisotopic (exact) mass is 493 g/mol. The summed E-state index contributed by atoms with van der Waals surface area (Å²) in [5, 5.41) is 0. The first-order chi connectivity index (χ1) is 15.9. The van der Waals surface area contributed by atoms with Crippen molar-refractivity contribution in [3.05, 3.63) is 60.7 Å². The summed E-state index contributed by atoms with van der Waals surface area (Å²) in [6.07, 6.45) is 8.09. The Morgan fingerprint density at radius 3 is 2.18 bits per heavy atom. The second kappa shape index (κ2) is 20.2. The van der Waals surface area contributed by atoms with Crippen molar-refractivity contribution in [2.45, 2.75) is 65.4 Å². The number of primary amides is 1. The Morgan fingerprint density at radius 2 is 1.82 bits per heavy atom. The number of carbonyl (C=O) groups excluding carboxylic acids is 1. The normalized spacial score (nSPS) is 11.4. The summed E-state index contributed by atoms with van der Waals surface area (Å²) in [5.41, 5.74) is 11.1. The number of nitrogens with zero attached hydrogens (tertiary/aromatic N) is 1. The lowest BCUT2D eigenvalue weighted by molar-refractivity contribution is 0.0600. The highest BCUT2D eigenvalue weighted by molar-refractivity contribution is 7.97. The molecule has 4 N–H and O–H groups in total. The minimum Gasteiger partial charge on any atom is -0.497 e. The summed E-state index contributed by atoms with van der Waals surface area (Å²) in [6, 6.07) is 8.19. The number of nitrogens with two attached hydrogens (primary N) is 2. The topological polar surface area (TPSA) is 90.8 Å². The van der Waals surface area contributed by atoms with Gasteiger partial charge in [-0.25, -0.2) is 9.10 Å². The molecule has 34 heavy (non-hydrogen) atoms. The van der Waals surface area contributed by atoms with Crippen molar-refractivity contribution in [3.63, 3.8) is 0 Å². The molecule has 1 rings (SSSR count). The van der Waals surface area contributed by atoms with E-state index in [9.17, 15) is 4.79 Å². The predicted molar refractivity (Wildman–Crippen MR) is 148 cm³/mol. The number of hydrogen-bond donors (Lipinski definition) is 2. The van der Waals surface area contributed by atoms with Crippen LogP contribution in [0.3, 0.4) is 0 Å².